The van der Waals surface area contributed by atoms with Crippen molar-refractivity contribution in [2.75, 3.05) is 11.5 Å². The lowest BCUT2D eigenvalue weighted by Gasteiger charge is -1.93. The van der Waals surface area contributed by atoms with Gasteiger partial charge in [-0.15, -0.1) is 0 Å². The summed E-state index contributed by atoms with van der Waals surface area (Å²) in [5.74, 6) is 2.43. The third-order valence-electron chi connectivity index (χ3n) is 1.52. The molecule has 0 aliphatic rings. The van der Waals surface area contributed by atoms with Crippen molar-refractivity contribution in [2.24, 2.45) is 7.05 Å². The van der Waals surface area contributed by atoms with Gasteiger partial charge in [-0.3, -0.25) is 0 Å². The average molecular weight is 207 g/mol. The summed E-state index contributed by atoms with van der Waals surface area (Å²) in [5, 5.41) is 0. The van der Waals surface area contributed by atoms with Crippen molar-refractivity contribution in [2.45, 2.75) is 13.5 Å². The van der Waals surface area contributed by atoms with Crippen molar-refractivity contribution in [1.29, 1.82) is 0 Å². The van der Waals surface area contributed by atoms with E-state index < -0.39 is 0 Å². The van der Waals surface area contributed by atoms with E-state index in [-0.39, 0.29) is 12.4 Å². The number of hydrogen-bond acceptors (Lipinski definition) is 1. The van der Waals surface area contributed by atoms with Gasteiger partial charge in [-0.1, -0.05) is 6.92 Å². The molecule has 1 rings (SSSR count). The molecule has 0 atom stereocenters. The molecular weight excluding hydrogens is 192 g/mol. The maximum atomic E-state index is 2.21. The molecule has 70 valence electrons. The van der Waals surface area contributed by atoms with Crippen LogP contribution in [0.3, 0.4) is 0 Å². The minimum absolute atomic E-state index is 0. The molecule has 0 saturated heterocycles. The van der Waals surface area contributed by atoms with Crippen LogP contribution < -0.4 is 17.0 Å². The highest BCUT2D eigenvalue weighted by Gasteiger charge is 1.97. The molecule has 4 heteroatoms. The molecule has 0 aliphatic heterocycles. The SMILES string of the molecule is CCSCCn1cc[n+](C)c1.[Cl-]. The van der Waals surface area contributed by atoms with Gasteiger partial charge < -0.3 is 12.4 Å². The van der Waals surface area contributed by atoms with Gasteiger partial charge >= 0.3 is 0 Å². The Labute approximate surface area is 84.4 Å². The molecule has 2 nitrogen and oxygen atoms in total. The van der Waals surface area contributed by atoms with Crippen LogP contribution in [-0.2, 0) is 13.6 Å². The Morgan fingerprint density at radius 3 is 2.75 bits per heavy atom. The number of aryl methyl sites for hydroxylation is 2. The molecule has 0 spiro atoms. The van der Waals surface area contributed by atoms with Gasteiger partial charge in [0, 0.05) is 5.75 Å². The first-order chi connectivity index (χ1) is 5.33. The summed E-state index contributed by atoms with van der Waals surface area (Å²) < 4.78 is 4.28. The predicted molar refractivity (Wildman–Crippen MR) is 48.6 cm³/mol. The van der Waals surface area contributed by atoms with Crippen molar-refractivity contribution >= 4 is 11.8 Å². The van der Waals surface area contributed by atoms with E-state index in [1.165, 1.54) is 11.5 Å². The summed E-state index contributed by atoms with van der Waals surface area (Å²) in [6, 6.07) is 0. The molecule has 12 heavy (non-hydrogen) atoms. The lowest BCUT2D eigenvalue weighted by atomic mass is 10.7. The quantitative estimate of drug-likeness (QED) is 0.412. The topological polar surface area (TPSA) is 8.81 Å². The molecule has 0 unspecified atom stereocenters. The second-order valence-electron chi connectivity index (χ2n) is 2.51. The summed E-state index contributed by atoms with van der Waals surface area (Å²) in [7, 11) is 2.05. The molecular formula is C8H15ClN2S. The molecule has 0 radical (unpaired) electrons. The fraction of sp³-hybridized carbons (Fsp3) is 0.625. The number of rotatable bonds is 4. The normalized spacial score (nSPS) is 9.50. The van der Waals surface area contributed by atoms with E-state index in [1.54, 1.807) is 0 Å². The van der Waals surface area contributed by atoms with Crippen LogP contribution in [0.1, 0.15) is 6.92 Å². The van der Waals surface area contributed by atoms with Crippen LogP contribution in [0.4, 0.5) is 0 Å². The van der Waals surface area contributed by atoms with Gasteiger partial charge in [0.25, 0.3) is 0 Å². The Hall–Kier alpha value is -0.150. The summed E-state index contributed by atoms with van der Waals surface area (Å²) in [6.45, 7) is 3.32. The Balaban J connectivity index is 0.00000121. The van der Waals surface area contributed by atoms with Gasteiger partial charge in [0.1, 0.15) is 12.4 Å². The molecule has 1 aromatic heterocycles. The minimum atomic E-state index is 0. The fourth-order valence-electron chi connectivity index (χ4n) is 0.948. The van der Waals surface area contributed by atoms with Crippen molar-refractivity contribution in [3.05, 3.63) is 18.7 Å². The Morgan fingerprint density at radius 2 is 2.25 bits per heavy atom. The number of thioether (sulfide) groups is 1. The first kappa shape index (κ1) is 11.8. The van der Waals surface area contributed by atoms with Crippen LogP contribution in [0.2, 0.25) is 0 Å². The smallest absolute Gasteiger partial charge is 0.243 e. The number of imidazole rings is 1. The fourth-order valence-corrected chi connectivity index (χ4v) is 1.58. The Bertz CT molecular complexity index is 213. The number of halogens is 1. The van der Waals surface area contributed by atoms with Crippen molar-refractivity contribution in [3.63, 3.8) is 0 Å². The van der Waals surface area contributed by atoms with E-state index in [0.29, 0.717) is 0 Å². The van der Waals surface area contributed by atoms with Crippen LogP contribution in [0.25, 0.3) is 0 Å². The monoisotopic (exact) mass is 206 g/mol. The van der Waals surface area contributed by atoms with Gasteiger partial charge in [0.05, 0.1) is 13.6 Å². The second kappa shape index (κ2) is 6.38. The number of hydrogen-bond donors (Lipinski definition) is 0. The zero-order valence-corrected chi connectivity index (χ0v) is 9.11. The van der Waals surface area contributed by atoms with E-state index in [2.05, 4.69) is 34.8 Å². The highest BCUT2D eigenvalue weighted by atomic mass is 35.5. The summed E-state index contributed by atoms with van der Waals surface area (Å²) in [4.78, 5) is 0. The van der Waals surface area contributed by atoms with Crippen LogP contribution >= 0.6 is 11.8 Å². The van der Waals surface area contributed by atoms with E-state index in [4.69, 9.17) is 0 Å². The van der Waals surface area contributed by atoms with E-state index in [0.717, 1.165) is 6.54 Å². The third kappa shape index (κ3) is 4.02. The van der Waals surface area contributed by atoms with Gasteiger partial charge in [0.2, 0.25) is 6.33 Å². The maximum absolute atomic E-state index is 2.21. The number of nitrogens with zero attached hydrogens (tertiary/aromatic N) is 2. The van der Waals surface area contributed by atoms with E-state index in [9.17, 15) is 0 Å². The Morgan fingerprint density at radius 1 is 1.50 bits per heavy atom. The van der Waals surface area contributed by atoms with E-state index in [1.807, 2.05) is 18.8 Å². The summed E-state index contributed by atoms with van der Waals surface area (Å²) >= 11 is 1.98. The lowest BCUT2D eigenvalue weighted by molar-refractivity contribution is -0.671. The summed E-state index contributed by atoms with van der Waals surface area (Å²) in [5.41, 5.74) is 0. The van der Waals surface area contributed by atoms with Gasteiger partial charge in [-0.2, -0.15) is 11.8 Å². The molecule has 1 heterocycles. The molecule has 0 N–H and O–H groups in total. The molecule has 0 bridgehead atoms. The van der Waals surface area contributed by atoms with Crippen LogP contribution in [0.5, 0.6) is 0 Å². The highest BCUT2D eigenvalue weighted by Crippen LogP contribution is 1.98. The molecule has 1 aromatic rings. The second-order valence-corrected chi connectivity index (χ2v) is 3.91. The van der Waals surface area contributed by atoms with Crippen molar-refractivity contribution in [1.82, 2.24) is 4.57 Å². The number of aromatic nitrogens is 2. The van der Waals surface area contributed by atoms with Gasteiger partial charge in [-0.05, 0) is 5.75 Å². The van der Waals surface area contributed by atoms with Crippen LogP contribution in [0.15, 0.2) is 18.7 Å². The van der Waals surface area contributed by atoms with Crippen molar-refractivity contribution < 1.29 is 17.0 Å². The maximum Gasteiger partial charge on any atom is 0.243 e. The zero-order chi connectivity index (χ0) is 8.10. The Kier molecular flexibility index (Phi) is 6.30. The van der Waals surface area contributed by atoms with Gasteiger partial charge in [-0.25, -0.2) is 9.13 Å². The molecule has 0 aliphatic carbocycles. The van der Waals surface area contributed by atoms with Gasteiger partial charge in [0.15, 0.2) is 0 Å². The first-order valence-corrected chi connectivity index (χ1v) is 5.07. The summed E-state index contributed by atoms with van der Waals surface area (Å²) in [6.07, 6.45) is 6.28. The predicted octanol–water partition coefficient (Wildman–Crippen LogP) is -1.93. The van der Waals surface area contributed by atoms with Crippen molar-refractivity contribution in [3.8, 4) is 0 Å². The molecule has 0 fully saturated rings. The standard InChI is InChI=1S/C8H15N2S.ClH/c1-3-11-7-6-10-5-4-9(2)8-10;/h4-5,8H,3,6-7H2,1-2H3;1H/q+1;/p-1. The van der Waals surface area contributed by atoms with Crippen LogP contribution in [-0.4, -0.2) is 16.1 Å². The molecule has 0 aromatic carbocycles. The zero-order valence-electron chi connectivity index (χ0n) is 7.53. The minimum Gasteiger partial charge on any atom is -1.00 e. The largest absolute Gasteiger partial charge is 1.00 e. The first-order valence-electron chi connectivity index (χ1n) is 3.91. The average Bonchev–Trinajstić information content (AvgIpc) is 2.37. The molecule has 0 saturated carbocycles. The highest BCUT2D eigenvalue weighted by molar-refractivity contribution is 7.99. The third-order valence-corrected chi connectivity index (χ3v) is 2.40. The molecule has 0 amide bonds. The van der Waals surface area contributed by atoms with Crippen LogP contribution in [0, 0.1) is 0 Å². The lowest BCUT2D eigenvalue weighted by Crippen LogP contribution is -3.00. The van der Waals surface area contributed by atoms with E-state index >= 15 is 0 Å².